The summed E-state index contributed by atoms with van der Waals surface area (Å²) < 4.78 is 9.24. The van der Waals surface area contributed by atoms with Crippen LogP contribution in [0, 0.1) is 0 Å². The Bertz CT molecular complexity index is 986. The van der Waals surface area contributed by atoms with Gasteiger partial charge in [-0.3, -0.25) is 14.0 Å². The summed E-state index contributed by atoms with van der Waals surface area (Å²) in [5.74, 6) is 0.561. The van der Waals surface area contributed by atoms with Gasteiger partial charge in [-0.15, -0.1) is 11.3 Å². The lowest BCUT2D eigenvalue weighted by Crippen LogP contribution is -2.35. The number of aromatic nitrogens is 3. The van der Waals surface area contributed by atoms with E-state index in [0.717, 1.165) is 28.9 Å². The SMILES string of the molecule is CCc1cc2c(cc3c(=O)n(CC(=O)NCCCOC)nc(CC)n32)s1. The highest BCUT2D eigenvalue weighted by atomic mass is 32.1. The topological polar surface area (TPSA) is 77.6 Å². The predicted molar refractivity (Wildman–Crippen MR) is 103 cm³/mol. The summed E-state index contributed by atoms with van der Waals surface area (Å²) in [6, 6.07) is 4.04. The van der Waals surface area contributed by atoms with Gasteiger partial charge < -0.3 is 10.1 Å². The van der Waals surface area contributed by atoms with Crippen molar-refractivity contribution in [2.75, 3.05) is 20.3 Å². The summed E-state index contributed by atoms with van der Waals surface area (Å²) in [5.41, 5.74) is 1.36. The van der Waals surface area contributed by atoms with Gasteiger partial charge in [-0.2, -0.15) is 5.10 Å². The van der Waals surface area contributed by atoms with Crippen LogP contribution in [0.15, 0.2) is 16.9 Å². The highest BCUT2D eigenvalue weighted by molar-refractivity contribution is 7.19. The zero-order valence-electron chi connectivity index (χ0n) is 15.4. The fourth-order valence-electron chi connectivity index (χ4n) is 2.99. The third-order valence-corrected chi connectivity index (χ3v) is 5.51. The molecule has 0 spiro atoms. The quantitative estimate of drug-likeness (QED) is 0.610. The summed E-state index contributed by atoms with van der Waals surface area (Å²) in [6.45, 7) is 5.15. The van der Waals surface area contributed by atoms with Crippen LogP contribution in [0.1, 0.15) is 31.0 Å². The molecule has 0 aliphatic rings. The first-order chi connectivity index (χ1) is 12.6. The first-order valence-electron chi connectivity index (χ1n) is 8.88. The van der Waals surface area contributed by atoms with Gasteiger partial charge in [0.15, 0.2) is 0 Å². The summed E-state index contributed by atoms with van der Waals surface area (Å²) in [4.78, 5) is 26.2. The molecule has 1 N–H and O–H groups in total. The maximum Gasteiger partial charge on any atom is 0.291 e. The van der Waals surface area contributed by atoms with Crippen molar-refractivity contribution in [2.45, 2.75) is 39.7 Å². The Kier molecular flexibility index (Phi) is 5.73. The molecule has 8 heteroatoms. The number of ether oxygens (including phenoxy) is 1. The van der Waals surface area contributed by atoms with Gasteiger partial charge in [0.1, 0.15) is 17.9 Å². The normalized spacial score (nSPS) is 11.5. The highest BCUT2D eigenvalue weighted by Gasteiger charge is 2.16. The van der Waals surface area contributed by atoms with E-state index in [-0.39, 0.29) is 18.0 Å². The predicted octanol–water partition coefficient (Wildman–Crippen LogP) is 1.99. The van der Waals surface area contributed by atoms with Crippen LogP contribution in [0.3, 0.4) is 0 Å². The molecule has 3 aromatic heterocycles. The van der Waals surface area contributed by atoms with Gasteiger partial charge in [0, 0.05) is 31.6 Å². The third-order valence-electron chi connectivity index (χ3n) is 4.29. The second-order valence-corrected chi connectivity index (χ2v) is 7.28. The number of carbonyl (C=O) groups excluding carboxylic acids is 1. The first kappa shape index (κ1) is 18.6. The van der Waals surface area contributed by atoms with Crippen molar-refractivity contribution < 1.29 is 9.53 Å². The van der Waals surface area contributed by atoms with E-state index in [1.807, 2.05) is 17.4 Å². The maximum atomic E-state index is 12.8. The zero-order chi connectivity index (χ0) is 18.7. The Balaban J connectivity index is 1.93. The van der Waals surface area contributed by atoms with Crippen molar-refractivity contribution >= 4 is 33.0 Å². The van der Waals surface area contributed by atoms with Gasteiger partial charge in [-0.25, -0.2) is 4.68 Å². The number of nitrogens with zero attached hydrogens (tertiary/aromatic N) is 3. The molecule has 3 rings (SSSR count). The molecule has 1 amide bonds. The van der Waals surface area contributed by atoms with Gasteiger partial charge in [0.2, 0.25) is 5.91 Å². The number of rotatable bonds is 8. The molecule has 0 bridgehead atoms. The average Bonchev–Trinajstić information content (AvgIpc) is 3.19. The number of aryl methyl sites for hydroxylation is 2. The van der Waals surface area contributed by atoms with E-state index in [1.54, 1.807) is 18.4 Å². The van der Waals surface area contributed by atoms with E-state index >= 15 is 0 Å². The van der Waals surface area contributed by atoms with Crippen LogP contribution in [0.4, 0.5) is 0 Å². The Hall–Kier alpha value is -2.19. The van der Waals surface area contributed by atoms with E-state index in [9.17, 15) is 9.59 Å². The smallest absolute Gasteiger partial charge is 0.291 e. The fraction of sp³-hybridized carbons (Fsp3) is 0.500. The summed E-state index contributed by atoms with van der Waals surface area (Å²) >= 11 is 1.70. The summed E-state index contributed by atoms with van der Waals surface area (Å²) in [6.07, 6.45) is 2.38. The Labute approximate surface area is 155 Å². The molecular formula is C18H24N4O3S. The number of carbonyl (C=O) groups is 1. The molecule has 0 aromatic carbocycles. The third kappa shape index (κ3) is 3.52. The molecule has 0 fully saturated rings. The van der Waals surface area contributed by atoms with Gasteiger partial charge in [0.05, 0.1) is 10.2 Å². The Morgan fingerprint density at radius 3 is 2.77 bits per heavy atom. The largest absolute Gasteiger partial charge is 0.385 e. The standard InChI is InChI=1S/C18H24N4O3S/c1-4-12-9-13-15(26-12)10-14-18(24)21(20-16(5-2)22(13)14)11-17(23)19-7-6-8-25-3/h9-10H,4-8,11H2,1-3H3,(H,19,23). The van der Waals surface area contributed by atoms with Crippen molar-refractivity contribution in [3.05, 3.63) is 33.2 Å². The zero-order valence-corrected chi connectivity index (χ0v) is 16.2. The minimum Gasteiger partial charge on any atom is -0.385 e. The van der Waals surface area contributed by atoms with Crippen molar-refractivity contribution in [1.29, 1.82) is 0 Å². The van der Waals surface area contributed by atoms with E-state index in [2.05, 4.69) is 23.4 Å². The van der Waals surface area contributed by atoms with Gasteiger partial charge in [0.25, 0.3) is 5.56 Å². The molecule has 0 aliphatic heterocycles. The number of nitrogens with one attached hydrogen (secondary N) is 1. The molecule has 26 heavy (non-hydrogen) atoms. The highest BCUT2D eigenvalue weighted by Crippen LogP contribution is 2.29. The van der Waals surface area contributed by atoms with E-state index in [0.29, 0.717) is 25.1 Å². The number of amides is 1. The minimum atomic E-state index is -0.240. The maximum absolute atomic E-state index is 12.8. The van der Waals surface area contributed by atoms with Crippen molar-refractivity contribution in [3.8, 4) is 0 Å². The van der Waals surface area contributed by atoms with E-state index < -0.39 is 0 Å². The number of hydrogen-bond donors (Lipinski definition) is 1. The molecule has 0 radical (unpaired) electrons. The Morgan fingerprint density at radius 1 is 1.27 bits per heavy atom. The lowest BCUT2D eigenvalue weighted by molar-refractivity contribution is -0.121. The lowest BCUT2D eigenvalue weighted by Gasteiger charge is -2.10. The lowest BCUT2D eigenvalue weighted by atomic mass is 10.3. The van der Waals surface area contributed by atoms with Crippen molar-refractivity contribution in [1.82, 2.24) is 19.5 Å². The first-order valence-corrected chi connectivity index (χ1v) is 9.70. The van der Waals surface area contributed by atoms with Crippen LogP contribution in [0.25, 0.3) is 15.7 Å². The van der Waals surface area contributed by atoms with Crippen molar-refractivity contribution in [3.63, 3.8) is 0 Å². The van der Waals surface area contributed by atoms with Crippen LogP contribution in [0.2, 0.25) is 0 Å². The number of thiophene rings is 1. The van der Waals surface area contributed by atoms with Crippen LogP contribution in [-0.4, -0.2) is 40.3 Å². The van der Waals surface area contributed by atoms with Gasteiger partial charge in [-0.1, -0.05) is 13.8 Å². The van der Waals surface area contributed by atoms with Gasteiger partial charge in [-0.05, 0) is 25.0 Å². The fourth-order valence-corrected chi connectivity index (χ4v) is 4.01. The molecule has 3 heterocycles. The second kappa shape index (κ2) is 8.01. The van der Waals surface area contributed by atoms with Crippen LogP contribution in [0.5, 0.6) is 0 Å². The molecule has 0 saturated carbocycles. The minimum absolute atomic E-state index is 0.0750. The monoisotopic (exact) mass is 376 g/mol. The molecule has 140 valence electrons. The molecule has 0 atom stereocenters. The van der Waals surface area contributed by atoms with Crippen LogP contribution in [-0.2, 0) is 28.9 Å². The molecule has 7 nitrogen and oxygen atoms in total. The van der Waals surface area contributed by atoms with Crippen molar-refractivity contribution in [2.24, 2.45) is 0 Å². The number of hydrogen-bond acceptors (Lipinski definition) is 5. The molecule has 0 aliphatic carbocycles. The Morgan fingerprint density at radius 2 is 2.08 bits per heavy atom. The van der Waals surface area contributed by atoms with E-state index in [4.69, 9.17) is 4.74 Å². The second-order valence-electron chi connectivity index (χ2n) is 6.11. The number of methoxy groups -OCH3 is 1. The summed E-state index contributed by atoms with van der Waals surface area (Å²) in [7, 11) is 1.62. The van der Waals surface area contributed by atoms with E-state index in [1.165, 1.54) is 9.56 Å². The van der Waals surface area contributed by atoms with Gasteiger partial charge >= 0.3 is 0 Å². The molecule has 0 unspecified atom stereocenters. The number of fused-ring (bicyclic) bond motifs is 3. The average molecular weight is 376 g/mol. The van der Waals surface area contributed by atoms with Crippen LogP contribution >= 0.6 is 11.3 Å². The molecular weight excluding hydrogens is 352 g/mol. The molecule has 3 aromatic rings. The van der Waals surface area contributed by atoms with Crippen LogP contribution < -0.4 is 10.9 Å². The molecule has 0 saturated heterocycles. The summed E-state index contributed by atoms with van der Waals surface area (Å²) in [5, 5.41) is 7.24.